The lowest BCUT2D eigenvalue weighted by Crippen LogP contribution is -2.23. The Balaban J connectivity index is 2.40. The number of hydrogen-bond acceptors (Lipinski definition) is 5. The Morgan fingerprint density at radius 3 is 2.47 bits per heavy atom. The van der Waals surface area contributed by atoms with E-state index in [2.05, 4.69) is 10.2 Å². The first-order valence-electron chi connectivity index (χ1n) is 5.05. The fourth-order valence-electron chi connectivity index (χ4n) is 1.51. The number of benzene rings is 1. The van der Waals surface area contributed by atoms with Crippen LogP contribution in [0.3, 0.4) is 0 Å². The quantitative estimate of drug-likeness (QED) is 0.478. The highest BCUT2D eigenvalue weighted by molar-refractivity contribution is 6.16. The van der Waals surface area contributed by atoms with Crippen molar-refractivity contribution in [3.63, 3.8) is 0 Å². The lowest BCUT2D eigenvalue weighted by molar-refractivity contribution is -0.124. The summed E-state index contributed by atoms with van der Waals surface area (Å²) in [7, 11) is 0. The summed E-state index contributed by atoms with van der Waals surface area (Å²) >= 11 is 0. The Morgan fingerprint density at radius 2 is 1.94 bits per heavy atom. The number of rotatable bonds is 2. The van der Waals surface area contributed by atoms with Gasteiger partial charge in [0.15, 0.2) is 23.3 Å². The highest BCUT2D eigenvalue weighted by Crippen LogP contribution is 2.24. The lowest BCUT2D eigenvalue weighted by atomic mass is 10.1. The van der Waals surface area contributed by atoms with E-state index in [1.165, 1.54) is 6.92 Å². The van der Waals surface area contributed by atoms with Gasteiger partial charge in [0.1, 0.15) is 0 Å². The molecule has 1 unspecified atom stereocenters. The molecule has 2 rings (SSSR count). The third-order valence-electron chi connectivity index (χ3n) is 2.41. The van der Waals surface area contributed by atoms with Crippen LogP contribution in [0.2, 0.25) is 0 Å². The molecule has 0 aromatic heterocycles. The van der Waals surface area contributed by atoms with Crippen molar-refractivity contribution >= 4 is 17.3 Å². The minimum Gasteiger partial charge on any atom is -0.505 e. The molecule has 1 aromatic rings. The maximum Gasteiger partial charge on any atom is 0.220 e. The molecule has 1 heterocycles. The van der Waals surface area contributed by atoms with Gasteiger partial charge in [0.2, 0.25) is 5.78 Å². The van der Waals surface area contributed by atoms with E-state index >= 15 is 0 Å². The van der Waals surface area contributed by atoms with Crippen LogP contribution in [0.1, 0.15) is 12.5 Å². The standard InChI is InChI=1S/C12H10N2O3/c1-7(15)9-12(17)10(14-13-9)11(16)8-5-3-2-4-6-8/h2-6,9,16H,1H3/b11-10+. The summed E-state index contributed by atoms with van der Waals surface area (Å²) in [5, 5.41) is 17.0. The van der Waals surface area contributed by atoms with Crippen molar-refractivity contribution in [1.82, 2.24) is 0 Å². The monoisotopic (exact) mass is 230 g/mol. The molecule has 1 aliphatic heterocycles. The number of carbonyl (C=O) groups excluding carboxylic acids is 2. The zero-order valence-electron chi connectivity index (χ0n) is 9.12. The molecule has 1 aliphatic rings. The summed E-state index contributed by atoms with van der Waals surface area (Å²) in [5.41, 5.74) is 0.315. The van der Waals surface area contributed by atoms with Crippen LogP contribution in [0.15, 0.2) is 46.3 Å². The van der Waals surface area contributed by atoms with Crippen LogP contribution in [0.4, 0.5) is 0 Å². The van der Waals surface area contributed by atoms with E-state index in [9.17, 15) is 14.7 Å². The van der Waals surface area contributed by atoms with Gasteiger partial charge in [0, 0.05) is 5.56 Å². The van der Waals surface area contributed by atoms with Gasteiger partial charge in [-0.2, -0.15) is 5.11 Å². The van der Waals surface area contributed by atoms with E-state index in [1.54, 1.807) is 30.3 Å². The largest absolute Gasteiger partial charge is 0.505 e. The molecule has 1 atom stereocenters. The predicted molar refractivity (Wildman–Crippen MR) is 60.3 cm³/mol. The molecule has 5 heteroatoms. The highest BCUT2D eigenvalue weighted by Gasteiger charge is 2.34. The van der Waals surface area contributed by atoms with Gasteiger partial charge in [-0.3, -0.25) is 9.59 Å². The fourth-order valence-corrected chi connectivity index (χ4v) is 1.51. The van der Waals surface area contributed by atoms with Gasteiger partial charge in [-0.05, 0) is 6.92 Å². The van der Waals surface area contributed by atoms with Gasteiger partial charge in [0.25, 0.3) is 0 Å². The minimum absolute atomic E-state index is 0.156. The third-order valence-corrected chi connectivity index (χ3v) is 2.41. The Bertz CT molecular complexity index is 532. The molecule has 0 saturated carbocycles. The first-order valence-corrected chi connectivity index (χ1v) is 5.05. The molecular formula is C12H10N2O3. The van der Waals surface area contributed by atoms with Crippen LogP contribution in [-0.4, -0.2) is 22.7 Å². The number of aliphatic hydroxyl groups is 1. The second-order valence-electron chi connectivity index (χ2n) is 3.66. The Kier molecular flexibility index (Phi) is 2.82. The van der Waals surface area contributed by atoms with Crippen LogP contribution < -0.4 is 0 Å². The summed E-state index contributed by atoms with van der Waals surface area (Å²) < 4.78 is 0. The van der Waals surface area contributed by atoms with E-state index in [0.29, 0.717) is 5.56 Å². The molecule has 0 radical (unpaired) electrons. The number of aliphatic hydroxyl groups excluding tert-OH is 1. The van der Waals surface area contributed by atoms with E-state index in [1.807, 2.05) is 0 Å². The van der Waals surface area contributed by atoms with Crippen molar-refractivity contribution in [3.8, 4) is 0 Å². The highest BCUT2D eigenvalue weighted by atomic mass is 16.3. The smallest absolute Gasteiger partial charge is 0.220 e. The van der Waals surface area contributed by atoms with E-state index in [0.717, 1.165) is 0 Å². The fraction of sp³-hybridized carbons (Fsp3) is 0.167. The molecule has 17 heavy (non-hydrogen) atoms. The number of hydrogen-bond donors (Lipinski definition) is 1. The number of carbonyl (C=O) groups is 2. The Morgan fingerprint density at radius 1 is 1.29 bits per heavy atom. The van der Waals surface area contributed by atoms with E-state index < -0.39 is 11.8 Å². The second kappa shape index (κ2) is 4.29. The summed E-state index contributed by atoms with van der Waals surface area (Å²) in [4.78, 5) is 22.8. The maximum absolute atomic E-state index is 11.7. The van der Waals surface area contributed by atoms with Crippen molar-refractivity contribution in [2.75, 3.05) is 0 Å². The molecule has 0 amide bonds. The van der Waals surface area contributed by atoms with Crippen molar-refractivity contribution in [2.45, 2.75) is 13.0 Å². The SMILES string of the molecule is CC(=O)C1N=N/C(=C(/O)c2ccccc2)C1=O. The number of nitrogens with zero attached hydrogens (tertiary/aromatic N) is 2. The average Bonchev–Trinajstić information content (AvgIpc) is 2.71. The first kappa shape index (κ1) is 11.2. The van der Waals surface area contributed by atoms with E-state index in [4.69, 9.17) is 0 Å². The summed E-state index contributed by atoms with van der Waals surface area (Å²) in [5.74, 6) is -1.18. The zero-order chi connectivity index (χ0) is 12.4. The summed E-state index contributed by atoms with van der Waals surface area (Å²) in [6.45, 7) is 1.27. The summed E-state index contributed by atoms with van der Waals surface area (Å²) in [6, 6.07) is 7.43. The lowest BCUT2D eigenvalue weighted by Gasteiger charge is -2.01. The van der Waals surface area contributed by atoms with Crippen molar-refractivity contribution in [1.29, 1.82) is 0 Å². The molecular weight excluding hydrogens is 220 g/mol. The van der Waals surface area contributed by atoms with E-state index in [-0.39, 0.29) is 17.2 Å². The first-order chi connectivity index (χ1) is 8.11. The average molecular weight is 230 g/mol. The molecule has 0 saturated heterocycles. The molecule has 5 nitrogen and oxygen atoms in total. The molecule has 86 valence electrons. The van der Waals surface area contributed by atoms with Crippen LogP contribution in [0.5, 0.6) is 0 Å². The van der Waals surface area contributed by atoms with Crippen molar-refractivity contribution in [2.24, 2.45) is 10.2 Å². The second-order valence-corrected chi connectivity index (χ2v) is 3.66. The third kappa shape index (κ3) is 1.99. The van der Waals surface area contributed by atoms with Crippen molar-refractivity contribution < 1.29 is 14.7 Å². The molecule has 0 aliphatic carbocycles. The zero-order valence-corrected chi connectivity index (χ0v) is 9.12. The maximum atomic E-state index is 11.7. The molecule has 0 bridgehead atoms. The van der Waals surface area contributed by atoms with Crippen LogP contribution in [-0.2, 0) is 9.59 Å². The van der Waals surface area contributed by atoms with Crippen LogP contribution >= 0.6 is 0 Å². The number of ketones is 2. The molecule has 0 fully saturated rings. The number of Topliss-reactive ketones (excluding diaryl/α,β-unsaturated/α-hetero) is 2. The minimum atomic E-state index is -1.10. The van der Waals surface area contributed by atoms with Gasteiger partial charge in [0.05, 0.1) is 0 Å². The molecule has 0 spiro atoms. The van der Waals surface area contributed by atoms with Gasteiger partial charge >= 0.3 is 0 Å². The van der Waals surface area contributed by atoms with Crippen molar-refractivity contribution in [3.05, 3.63) is 41.6 Å². The van der Waals surface area contributed by atoms with Gasteiger partial charge in [-0.1, -0.05) is 30.3 Å². The topological polar surface area (TPSA) is 79.1 Å². The molecule has 1 aromatic carbocycles. The molecule has 1 N–H and O–H groups in total. The van der Waals surface area contributed by atoms with Crippen LogP contribution in [0, 0.1) is 0 Å². The predicted octanol–water partition coefficient (Wildman–Crippen LogP) is 1.91. The van der Waals surface area contributed by atoms with Gasteiger partial charge in [-0.25, -0.2) is 0 Å². The normalized spacial score (nSPS) is 21.7. The van der Waals surface area contributed by atoms with Gasteiger partial charge in [-0.15, -0.1) is 5.11 Å². The Hall–Kier alpha value is -2.30. The number of azo groups is 1. The van der Waals surface area contributed by atoms with Crippen LogP contribution in [0.25, 0.3) is 5.76 Å². The summed E-state index contributed by atoms with van der Waals surface area (Å²) in [6.07, 6.45) is 0. The Labute approximate surface area is 97.5 Å². The van der Waals surface area contributed by atoms with Gasteiger partial charge < -0.3 is 5.11 Å².